The zero-order valence-electron chi connectivity index (χ0n) is 48.5. The first-order valence-corrected chi connectivity index (χ1v) is 30.3. The molecule has 91 heavy (non-hydrogen) atoms. The molecule has 6 heterocycles. The molecule has 9 nitrogen and oxygen atoms in total. The van der Waals surface area contributed by atoms with Crippen molar-refractivity contribution in [3.05, 3.63) is 290 Å². The van der Waals surface area contributed by atoms with Crippen molar-refractivity contribution in [3.8, 4) is 78.9 Å². The predicted octanol–water partition coefficient (Wildman–Crippen LogP) is 22.3. The van der Waals surface area contributed by atoms with Crippen molar-refractivity contribution in [2.75, 3.05) is 0 Å². The fourth-order valence-electron chi connectivity index (χ4n) is 14.1. The van der Waals surface area contributed by atoms with Gasteiger partial charge < -0.3 is 22.4 Å². The second kappa shape index (κ2) is 19.7. The van der Waals surface area contributed by atoms with Gasteiger partial charge in [-0.1, -0.05) is 188 Å². The van der Waals surface area contributed by atoms with E-state index in [1.165, 1.54) is 0 Å². The van der Waals surface area contributed by atoms with Crippen molar-refractivity contribution in [1.82, 2.24) is 24.1 Å². The predicted molar refractivity (Wildman–Crippen MR) is 369 cm³/mol. The van der Waals surface area contributed by atoms with E-state index in [4.69, 9.17) is 28.2 Å². The Balaban J connectivity index is 1.01. The molecule has 0 radical (unpaired) electrons. The number of aromatic nitrogens is 5. The minimum atomic E-state index is 0.379. The lowest BCUT2D eigenvalue weighted by molar-refractivity contribution is 0.669. The van der Waals surface area contributed by atoms with Crippen LogP contribution in [-0.2, 0) is 0 Å². The van der Waals surface area contributed by atoms with Gasteiger partial charge in [0.25, 0.3) is 0 Å². The normalized spacial score (nSPS) is 11.9. The van der Waals surface area contributed by atoms with Gasteiger partial charge in [-0.15, -0.1) is 0 Å². The molecule has 0 aliphatic heterocycles. The molecule has 0 N–H and O–H groups in total. The molecule has 0 fully saturated rings. The monoisotopic (exact) mass is 1160 g/mol. The van der Waals surface area contributed by atoms with Gasteiger partial charge in [0.05, 0.1) is 50.8 Å². The quantitative estimate of drug-likeness (QED) is 0.141. The summed E-state index contributed by atoms with van der Waals surface area (Å²) in [5.41, 5.74) is 18.2. The van der Waals surface area contributed by atoms with Crippen molar-refractivity contribution < 1.29 is 13.3 Å². The van der Waals surface area contributed by atoms with E-state index in [-0.39, 0.29) is 0 Å². The molecule has 9 heteroatoms. The van der Waals surface area contributed by atoms with Crippen LogP contribution in [0.1, 0.15) is 0 Å². The van der Waals surface area contributed by atoms with Crippen molar-refractivity contribution in [2.45, 2.75) is 0 Å². The smallest absolute Gasteiger partial charge is 0.212 e. The third-order valence-electron chi connectivity index (χ3n) is 18.2. The Labute approximate surface area is 519 Å². The van der Waals surface area contributed by atoms with E-state index >= 15 is 0 Å². The summed E-state index contributed by atoms with van der Waals surface area (Å²) in [7, 11) is 0. The van der Waals surface area contributed by atoms with Crippen LogP contribution >= 0.6 is 0 Å². The number of para-hydroxylation sites is 3. The van der Waals surface area contributed by atoms with Gasteiger partial charge in [0.1, 0.15) is 33.5 Å². The maximum Gasteiger partial charge on any atom is 0.212 e. The Morgan fingerprint density at radius 1 is 0.286 bits per heavy atom. The lowest BCUT2D eigenvalue weighted by Gasteiger charge is -2.24. The van der Waals surface area contributed by atoms with Crippen LogP contribution in [0.3, 0.4) is 0 Å². The molecule has 0 saturated carbocycles. The highest BCUT2D eigenvalue weighted by atomic mass is 16.3. The van der Waals surface area contributed by atoms with Crippen LogP contribution in [-0.4, -0.2) is 24.1 Å². The van der Waals surface area contributed by atoms with Crippen LogP contribution in [0.4, 0.5) is 5.69 Å². The van der Waals surface area contributed by atoms with E-state index in [1.807, 2.05) is 103 Å². The molecular formula is C82H46N6O3. The third-order valence-corrected chi connectivity index (χ3v) is 18.2. The Kier molecular flexibility index (Phi) is 10.9. The van der Waals surface area contributed by atoms with E-state index in [9.17, 15) is 6.57 Å². The van der Waals surface area contributed by atoms with E-state index in [0.29, 0.717) is 34.4 Å². The van der Waals surface area contributed by atoms with Crippen LogP contribution in [0, 0.1) is 6.57 Å². The summed E-state index contributed by atoms with van der Waals surface area (Å²) >= 11 is 0. The molecule has 0 aliphatic carbocycles. The summed E-state index contributed by atoms with van der Waals surface area (Å²) in [5, 5.41) is 9.87. The van der Waals surface area contributed by atoms with Gasteiger partial charge in [0.2, 0.25) is 5.69 Å². The average Bonchev–Trinajstić information content (AvgIpc) is 1.62. The zero-order valence-corrected chi connectivity index (χ0v) is 48.5. The molecule has 422 valence electrons. The van der Waals surface area contributed by atoms with Crippen LogP contribution < -0.4 is 0 Å². The topological polar surface area (TPSA) is 92.3 Å². The highest BCUT2D eigenvalue weighted by Gasteiger charge is 2.32. The van der Waals surface area contributed by atoms with Crippen LogP contribution in [0.2, 0.25) is 0 Å². The molecule has 13 aromatic carbocycles. The maximum atomic E-state index is 9.62. The molecule has 0 unspecified atom stereocenters. The number of hydrogen-bond donors (Lipinski definition) is 0. The van der Waals surface area contributed by atoms with Gasteiger partial charge in [0, 0.05) is 65.3 Å². The van der Waals surface area contributed by atoms with Crippen molar-refractivity contribution in [2.24, 2.45) is 0 Å². The second-order valence-electron chi connectivity index (χ2n) is 23.2. The number of furan rings is 3. The summed E-state index contributed by atoms with van der Waals surface area (Å²) in [4.78, 5) is 21.2. The largest absolute Gasteiger partial charge is 0.456 e. The standard InChI is InChI=1S/C82H46N6O3/c1-83-64-47-63(82-85-80(51-26-12-5-13-27-51)84-81(86-82)54-36-43-72-60(46-54)57-30-16-17-31-69(57)89-72)76(87-65-39-34-52(48-20-6-2-7-21-48)44-61(65)74-67(87)41-37-58-55-28-14-18-32-70(55)90-78(58)74)73(50-24-10-4-11-25-50)77(64)88-66-40-35-53(49-22-8-3-9-23-49)45-62(66)75-68(88)42-38-59-56-29-15-19-33-71(56)91-79(59)75/h2-47H. The lowest BCUT2D eigenvalue weighted by atomic mass is 9.94. The lowest BCUT2D eigenvalue weighted by Crippen LogP contribution is -2.08. The third kappa shape index (κ3) is 7.67. The molecule has 0 amide bonds. The first-order chi connectivity index (χ1) is 45.1. The minimum absolute atomic E-state index is 0.379. The molecular weight excluding hydrogens is 1120 g/mol. The van der Waals surface area contributed by atoms with Crippen molar-refractivity contribution in [3.63, 3.8) is 0 Å². The molecule has 0 bridgehead atoms. The van der Waals surface area contributed by atoms with Crippen LogP contribution in [0.5, 0.6) is 0 Å². The van der Waals surface area contributed by atoms with Gasteiger partial charge in [-0.3, -0.25) is 0 Å². The molecule has 0 atom stereocenters. The maximum absolute atomic E-state index is 9.62. The number of nitrogens with zero attached hydrogens (tertiary/aromatic N) is 6. The molecule has 19 rings (SSSR count). The van der Waals surface area contributed by atoms with E-state index in [0.717, 1.165) is 160 Å². The summed E-state index contributed by atoms with van der Waals surface area (Å²) in [6, 6.07) is 96.5. The minimum Gasteiger partial charge on any atom is -0.456 e. The Morgan fingerprint density at radius 2 is 0.692 bits per heavy atom. The first-order valence-electron chi connectivity index (χ1n) is 30.3. The summed E-state index contributed by atoms with van der Waals surface area (Å²) in [6.45, 7) is 9.62. The number of benzene rings is 13. The zero-order chi connectivity index (χ0) is 59.8. The highest BCUT2D eigenvalue weighted by molar-refractivity contribution is 6.27. The fraction of sp³-hybridized carbons (Fsp3) is 0. The molecule has 6 aromatic heterocycles. The van der Waals surface area contributed by atoms with Crippen LogP contribution in [0.15, 0.2) is 292 Å². The average molecular weight is 1160 g/mol. The van der Waals surface area contributed by atoms with Crippen LogP contribution in [0.25, 0.3) is 193 Å². The number of hydrogen-bond acceptors (Lipinski definition) is 6. The van der Waals surface area contributed by atoms with Gasteiger partial charge >= 0.3 is 0 Å². The Morgan fingerprint density at radius 3 is 1.23 bits per heavy atom. The number of rotatable bonds is 8. The van der Waals surface area contributed by atoms with Crippen molar-refractivity contribution in [1.29, 1.82) is 0 Å². The number of fused-ring (bicyclic) bond motifs is 17. The second-order valence-corrected chi connectivity index (χ2v) is 23.2. The summed E-state index contributed by atoms with van der Waals surface area (Å²) in [5.74, 6) is 1.31. The SMILES string of the molecule is [C-]#[N+]c1cc(-c2nc(-c3ccccc3)nc(-c3ccc4oc5ccccc5c4c3)n2)c(-n2c3ccc(-c4ccccc4)cc3c3c4oc5ccccc5c4ccc32)c(-c2ccccc2)c1-n1c2ccc(-c3ccccc3)cc2c2c3oc4ccccc4c3ccc21. The van der Waals surface area contributed by atoms with Gasteiger partial charge in [-0.05, 0) is 119 Å². The Bertz CT molecular complexity index is 6270. The molecule has 0 aliphatic rings. The first kappa shape index (κ1) is 50.5. The van der Waals surface area contributed by atoms with E-state index in [2.05, 4.69) is 190 Å². The van der Waals surface area contributed by atoms with E-state index < -0.39 is 0 Å². The fourth-order valence-corrected chi connectivity index (χ4v) is 14.1. The van der Waals surface area contributed by atoms with Crippen molar-refractivity contribution >= 4 is 115 Å². The Hall–Kier alpha value is -12.6. The van der Waals surface area contributed by atoms with Gasteiger partial charge in [-0.25, -0.2) is 19.8 Å². The van der Waals surface area contributed by atoms with Gasteiger partial charge in [0.15, 0.2) is 17.5 Å². The summed E-state index contributed by atoms with van der Waals surface area (Å²) in [6.07, 6.45) is 0. The van der Waals surface area contributed by atoms with Gasteiger partial charge in [-0.2, -0.15) is 0 Å². The molecule has 19 aromatic rings. The molecule has 0 saturated heterocycles. The van der Waals surface area contributed by atoms with E-state index in [1.54, 1.807) is 0 Å². The summed E-state index contributed by atoms with van der Waals surface area (Å²) < 4.78 is 25.1. The highest BCUT2D eigenvalue weighted by Crippen LogP contribution is 2.52. The molecule has 0 spiro atoms.